The molecule has 3 atom stereocenters. The quantitative estimate of drug-likeness (QED) is 0.603. The monoisotopic (exact) mass is 372 g/mol. The Hall–Kier alpha value is -1.05. The third-order valence-corrected chi connectivity index (χ3v) is 7.54. The van der Waals surface area contributed by atoms with Gasteiger partial charge in [0.05, 0.1) is 0 Å². The lowest BCUT2D eigenvalue weighted by atomic mass is 9.90. The fourth-order valence-corrected chi connectivity index (χ4v) is 7.34. The van der Waals surface area contributed by atoms with Crippen LogP contribution in [0.3, 0.4) is 0 Å². The van der Waals surface area contributed by atoms with E-state index in [1.165, 1.54) is 24.3 Å². The smallest absolute Gasteiger partial charge is 0.273 e. The average Bonchev–Trinajstić information content (AvgIpc) is 2.33. The maximum absolute atomic E-state index is 11.6. The van der Waals surface area contributed by atoms with Crippen molar-refractivity contribution in [3.63, 3.8) is 0 Å². The van der Waals surface area contributed by atoms with E-state index in [0.29, 0.717) is 0 Å². The van der Waals surface area contributed by atoms with Gasteiger partial charge in [0.25, 0.3) is 30.4 Å². The lowest BCUT2D eigenvalue weighted by molar-refractivity contribution is 0.412. The molecule has 1 aliphatic carbocycles. The highest BCUT2D eigenvalue weighted by Gasteiger charge is 2.54. The normalized spacial score (nSPS) is 26.4. The highest BCUT2D eigenvalue weighted by molar-refractivity contribution is 7.92. The summed E-state index contributed by atoms with van der Waals surface area (Å²) in [7, 11) is -15.3. The zero-order valence-electron chi connectivity index (χ0n) is 10.8. The van der Waals surface area contributed by atoms with Crippen molar-refractivity contribution in [3.8, 4) is 0 Å². The van der Waals surface area contributed by atoms with E-state index in [2.05, 4.69) is 0 Å². The topological polar surface area (TPSA) is 163 Å². The van der Waals surface area contributed by atoms with Crippen molar-refractivity contribution >= 4 is 30.4 Å². The second kappa shape index (κ2) is 5.25. The summed E-state index contributed by atoms with van der Waals surface area (Å²) in [5.41, 5.74) is -0.0137. The van der Waals surface area contributed by atoms with Crippen LogP contribution >= 0.6 is 0 Å². The van der Waals surface area contributed by atoms with Gasteiger partial charge >= 0.3 is 0 Å². The Morgan fingerprint density at radius 1 is 0.818 bits per heavy atom. The third kappa shape index (κ3) is 3.16. The molecule has 0 saturated heterocycles. The predicted octanol–water partition coefficient (Wildman–Crippen LogP) is -0.316. The van der Waals surface area contributed by atoms with E-state index < -0.39 is 52.5 Å². The minimum absolute atomic E-state index is 0.132. The first-order chi connectivity index (χ1) is 9.83. The third-order valence-electron chi connectivity index (χ3n) is 3.49. The van der Waals surface area contributed by atoms with Gasteiger partial charge in [-0.2, -0.15) is 25.3 Å². The molecule has 124 valence electrons. The molecule has 22 heavy (non-hydrogen) atoms. The molecule has 0 spiro atoms. The van der Waals surface area contributed by atoms with Crippen LogP contribution in [0.1, 0.15) is 16.4 Å². The van der Waals surface area contributed by atoms with E-state index in [-0.39, 0.29) is 11.1 Å². The zero-order chi connectivity index (χ0) is 16.9. The van der Waals surface area contributed by atoms with Gasteiger partial charge in [0.15, 0.2) is 0 Å². The predicted molar refractivity (Wildman–Crippen MR) is 75.1 cm³/mol. The molecule has 3 N–H and O–H groups in total. The second-order valence-electron chi connectivity index (χ2n) is 4.87. The molecule has 0 heterocycles. The minimum Gasteiger partial charge on any atom is -0.285 e. The number of rotatable bonds is 3. The van der Waals surface area contributed by atoms with Crippen LogP contribution in [0.5, 0.6) is 0 Å². The molecule has 0 radical (unpaired) electrons. The van der Waals surface area contributed by atoms with Gasteiger partial charge in [-0.1, -0.05) is 24.3 Å². The van der Waals surface area contributed by atoms with Crippen molar-refractivity contribution in [1.82, 2.24) is 0 Å². The summed E-state index contributed by atoms with van der Waals surface area (Å²) in [6, 6.07) is 5.36. The molecule has 0 amide bonds. The number of hydrogen-bond acceptors (Lipinski definition) is 6. The Balaban J connectivity index is 2.85. The van der Waals surface area contributed by atoms with Crippen LogP contribution in [0, 0.1) is 0 Å². The molecule has 2 rings (SSSR count). The Bertz CT molecular complexity index is 899. The van der Waals surface area contributed by atoms with Crippen LogP contribution in [0.2, 0.25) is 0 Å². The Morgan fingerprint density at radius 2 is 1.36 bits per heavy atom. The molecule has 0 fully saturated rings. The molecule has 9 nitrogen and oxygen atoms in total. The van der Waals surface area contributed by atoms with Gasteiger partial charge in [-0.3, -0.25) is 13.7 Å². The van der Waals surface area contributed by atoms with Gasteiger partial charge in [-0.15, -0.1) is 0 Å². The molecule has 1 aromatic rings. The largest absolute Gasteiger partial charge is 0.285 e. The average molecular weight is 372 g/mol. The van der Waals surface area contributed by atoms with E-state index in [9.17, 15) is 38.9 Å². The Labute approximate surface area is 127 Å². The summed E-state index contributed by atoms with van der Waals surface area (Å²) >= 11 is 0. The van der Waals surface area contributed by atoms with Crippen molar-refractivity contribution in [2.24, 2.45) is 0 Å². The van der Waals surface area contributed by atoms with Crippen molar-refractivity contribution in [3.05, 3.63) is 35.4 Å². The second-order valence-corrected chi connectivity index (χ2v) is 9.62. The number of benzene rings is 1. The van der Waals surface area contributed by atoms with Crippen LogP contribution in [0.15, 0.2) is 24.3 Å². The minimum atomic E-state index is -5.21. The molecule has 0 aromatic heterocycles. The standard InChI is InChI=1S/C10H12O9S3/c11-20(12,13)8-5-6-3-1-2-4-7(6)9(21(14,15)16)10(8)22(17,18)19/h1-4,8-10H,5H2,(H,11,12,13)(H,14,15,16)(H,17,18,19). The Morgan fingerprint density at radius 3 is 1.82 bits per heavy atom. The van der Waals surface area contributed by atoms with Gasteiger partial charge in [-0.05, 0) is 17.5 Å². The summed E-state index contributed by atoms with van der Waals surface area (Å²) in [5.74, 6) is 0. The molecule has 1 aromatic carbocycles. The highest BCUT2D eigenvalue weighted by atomic mass is 32.2. The zero-order valence-corrected chi connectivity index (χ0v) is 13.2. The summed E-state index contributed by atoms with van der Waals surface area (Å²) in [4.78, 5) is 0. The fourth-order valence-electron chi connectivity index (χ4n) is 2.66. The van der Waals surface area contributed by atoms with Crippen LogP contribution < -0.4 is 0 Å². The molecule has 12 heteroatoms. The molecular weight excluding hydrogens is 360 g/mol. The van der Waals surface area contributed by atoms with Gasteiger partial charge in [0.1, 0.15) is 15.7 Å². The molecule has 3 unspecified atom stereocenters. The maximum atomic E-state index is 11.6. The van der Waals surface area contributed by atoms with Crippen molar-refractivity contribution in [1.29, 1.82) is 0 Å². The van der Waals surface area contributed by atoms with E-state index in [1.807, 2.05) is 0 Å². The van der Waals surface area contributed by atoms with Gasteiger partial charge < -0.3 is 0 Å². The molecular formula is C10H12O9S3. The first kappa shape index (κ1) is 17.3. The lowest BCUT2D eigenvalue weighted by Crippen LogP contribution is -2.49. The lowest BCUT2D eigenvalue weighted by Gasteiger charge is -2.34. The maximum Gasteiger partial charge on any atom is 0.273 e. The summed E-state index contributed by atoms with van der Waals surface area (Å²) in [5, 5.41) is -6.78. The molecule has 0 bridgehead atoms. The van der Waals surface area contributed by atoms with Crippen LogP contribution in [-0.4, -0.2) is 49.4 Å². The van der Waals surface area contributed by atoms with Gasteiger partial charge in [0, 0.05) is 0 Å². The first-order valence-electron chi connectivity index (χ1n) is 5.80. The first-order valence-corrected chi connectivity index (χ1v) is 10.3. The SMILES string of the molecule is O=S(=O)(O)C1Cc2ccccc2C(S(=O)(=O)O)C1S(=O)(=O)O. The van der Waals surface area contributed by atoms with Crippen LogP contribution in [-0.2, 0) is 36.8 Å². The van der Waals surface area contributed by atoms with E-state index >= 15 is 0 Å². The van der Waals surface area contributed by atoms with E-state index in [0.717, 1.165) is 0 Å². The van der Waals surface area contributed by atoms with Crippen LogP contribution in [0.4, 0.5) is 0 Å². The van der Waals surface area contributed by atoms with Gasteiger partial charge in [-0.25, -0.2) is 0 Å². The highest BCUT2D eigenvalue weighted by Crippen LogP contribution is 2.40. The summed E-state index contributed by atoms with van der Waals surface area (Å²) < 4.78 is 96.8. The van der Waals surface area contributed by atoms with Crippen molar-refractivity contribution in [2.75, 3.05) is 0 Å². The molecule has 0 aliphatic heterocycles. The van der Waals surface area contributed by atoms with E-state index in [4.69, 9.17) is 0 Å². The molecule has 0 saturated carbocycles. The fraction of sp³-hybridized carbons (Fsp3) is 0.400. The van der Waals surface area contributed by atoms with Crippen molar-refractivity contribution < 1.29 is 38.9 Å². The molecule has 1 aliphatic rings. The number of fused-ring (bicyclic) bond motifs is 1. The Kier molecular flexibility index (Phi) is 4.13. The number of hydrogen-bond donors (Lipinski definition) is 3. The van der Waals surface area contributed by atoms with Crippen molar-refractivity contribution in [2.45, 2.75) is 22.2 Å². The summed E-state index contributed by atoms with van der Waals surface area (Å²) in [6.07, 6.45) is -0.522. The van der Waals surface area contributed by atoms with Gasteiger partial charge in [0.2, 0.25) is 0 Å². The summed E-state index contributed by atoms with van der Waals surface area (Å²) in [6.45, 7) is 0. The van der Waals surface area contributed by atoms with E-state index in [1.54, 1.807) is 0 Å². The van der Waals surface area contributed by atoms with Crippen LogP contribution in [0.25, 0.3) is 0 Å².